The van der Waals surface area contributed by atoms with Gasteiger partial charge in [0, 0.05) is 38.4 Å². The van der Waals surface area contributed by atoms with E-state index in [0.717, 1.165) is 37.6 Å². The van der Waals surface area contributed by atoms with Crippen molar-refractivity contribution in [2.45, 2.75) is 26.3 Å². The van der Waals surface area contributed by atoms with Crippen LogP contribution in [-0.4, -0.2) is 24.5 Å². The van der Waals surface area contributed by atoms with Crippen LogP contribution in [0.15, 0.2) is 53.7 Å². The molecule has 1 heterocycles. The standard InChI is InChI=1S/C18H24N4.HI/c1-3-15-8-4-5-9-16(15)14-22-18(19-2)21-13-11-17-10-6-7-12-20-17;/h4-10,12H,3,11,13-14H2,1-2H3,(H2,19,21,22);1H. The number of aromatic nitrogens is 1. The lowest BCUT2D eigenvalue weighted by Gasteiger charge is -2.13. The average Bonchev–Trinajstić information content (AvgIpc) is 2.59. The van der Waals surface area contributed by atoms with Gasteiger partial charge in [-0.05, 0) is 29.7 Å². The Kier molecular flexibility index (Phi) is 9.28. The highest BCUT2D eigenvalue weighted by atomic mass is 127. The molecule has 5 heteroatoms. The summed E-state index contributed by atoms with van der Waals surface area (Å²) in [5.41, 5.74) is 3.78. The molecule has 4 nitrogen and oxygen atoms in total. The molecular weight excluding hydrogens is 399 g/mol. The van der Waals surface area contributed by atoms with Gasteiger partial charge in [0.25, 0.3) is 0 Å². The maximum absolute atomic E-state index is 4.32. The van der Waals surface area contributed by atoms with Crippen LogP contribution in [-0.2, 0) is 19.4 Å². The number of hydrogen-bond acceptors (Lipinski definition) is 2. The van der Waals surface area contributed by atoms with E-state index in [4.69, 9.17) is 0 Å². The topological polar surface area (TPSA) is 49.3 Å². The molecule has 0 amide bonds. The molecule has 0 bridgehead atoms. The van der Waals surface area contributed by atoms with Crippen LogP contribution in [0.2, 0.25) is 0 Å². The minimum atomic E-state index is 0. The van der Waals surface area contributed by atoms with Crippen molar-refractivity contribution in [3.8, 4) is 0 Å². The number of aryl methyl sites for hydroxylation is 1. The van der Waals surface area contributed by atoms with E-state index >= 15 is 0 Å². The van der Waals surface area contributed by atoms with E-state index in [9.17, 15) is 0 Å². The second-order valence-electron chi connectivity index (χ2n) is 5.05. The molecule has 1 aromatic carbocycles. The summed E-state index contributed by atoms with van der Waals surface area (Å²) in [6, 6.07) is 14.5. The molecule has 0 aliphatic heterocycles. The second-order valence-corrected chi connectivity index (χ2v) is 5.05. The molecule has 2 N–H and O–H groups in total. The molecule has 0 atom stereocenters. The Bertz CT molecular complexity index is 599. The molecule has 0 unspecified atom stereocenters. The SMILES string of the molecule is CCc1ccccc1CNC(=NC)NCCc1ccccn1.I. The van der Waals surface area contributed by atoms with E-state index in [2.05, 4.69) is 51.8 Å². The molecule has 0 fully saturated rings. The zero-order valence-electron chi connectivity index (χ0n) is 13.7. The highest BCUT2D eigenvalue weighted by Crippen LogP contribution is 2.08. The van der Waals surface area contributed by atoms with Gasteiger partial charge >= 0.3 is 0 Å². The maximum Gasteiger partial charge on any atom is 0.191 e. The van der Waals surface area contributed by atoms with Gasteiger partial charge in [-0.25, -0.2) is 0 Å². The first-order chi connectivity index (χ1) is 10.8. The lowest BCUT2D eigenvalue weighted by Crippen LogP contribution is -2.38. The Morgan fingerprint density at radius 1 is 1.04 bits per heavy atom. The Morgan fingerprint density at radius 3 is 2.43 bits per heavy atom. The average molecular weight is 424 g/mol. The fourth-order valence-electron chi connectivity index (χ4n) is 2.33. The number of hydrogen-bond donors (Lipinski definition) is 2. The Morgan fingerprint density at radius 2 is 1.78 bits per heavy atom. The minimum Gasteiger partial charge on any atom is -0.356 e. The molecule has 0 aliphatic carbocycles. The van der Waals surface area contributed by atoms with Crippen LogP contribution in [0.5, 0.6) is 0 Å². The quantitative estimate of drug-likeness (QED) is 0.426. The Hall–Kier alpha value is -1.63. The first-order valence-electron chi connectivity index (χ1n) is 7.74. The molecule has 1 aromatic heterocycles. The Labute approximate surface area is 155 Å². The van der Waals surface area contributed by atoms with Crippen LogP contribution in [0.25, 0.3) is 0 Å². The molecule has 0 radical (unpaired) electrons. The van der Waals surface area contributed by atoms with Crippen LogP contribution in [0.1, 0.15) is 23.7 Å². The van der Waals surface area contributed by atoms with Gasteiger partial charge in [0.1, 0.15) is 0 Å². The van der Waals surface area contributed by atoms with Crippen LogP contribution in [0.3, 0.4) is 0 Å². The zero-order valence-corrected chi connectivity index (χ0v) is 16.1. The van der Waals surface area contributed by atoms with Gasteiger partial charge in [-0.1, -0.05) is 37.3 Å². The largest absolute Gasteiger partial charge is 0.356 e. The molecule has 124 valence electrons. The Balaban J connectivity index is 0.00000264. The lowest BCUT2D eigenvalue weighted by molar-refractivity contribution is 0.781. The third-order valence-corrected chi connectivity index (χ3v) is 3.57. The maximum atomic E-state index is 4.32. The summed E-state index contributed by atoms with van der Waals surface area (Å²) in [6.07, 6.45) is 3.75. The zero-order chi connectivity index (χ0) is 15.6. The summed E-state index contributed by atoms with van der Waals surface area (Å²) in [5.74, 6) is 0.821. The molecule has 0 saturated heterocycles. The number of nitrogens with one attached hydrogen (secondary N) is 2. The molecule has 0 aliphatic rings. The van der Waals surface area contributed by atoms with E-state index in [-0.39, 0.29) is 24.0 Å². The van der Waals surface area contributed by atoms with Crippen molar-refractivity contribution >= 4 is 29.9 Å². The summed E-state index contributed by atoms with van der Waals surface area (Å²) in [4.78, 5) is 8.58. The number of pyridine rings is 1. The van der Waals surface area contributed by atoms with Gasteiger partial charge in [0.05, 0.1) is 0 Å². The third-order valence-electron chi connectivity index (χ3n) is 3.57. The molecule has 23 heavy (non-hydrogen) atoms. The van der Waals surface area contributed by atoms with Gasteiger partial charge in [0.15, 0.2) is 5.96 Å². The van der Waals surface area contributed by atoms with Gasteiger partial charge in [-0.2, -0.15) is 0 Å². The number of nitrogens with zero attached hydrogens (tertiary/aromatic N) is 2. The van der Waals surface area contributed by atoms with Crippen LogP contribution in [0, 0.1) is 0 Å². The summed E-state index contributed by atoms with van der Waals surface area (Å²) >= 11 is 0. The minimum absolute atomic E-state index is 0. The highest BCUT2D eigenvalue weighted by molar-refractivity contribution is 14.0. The smallest absolute Gasteiger partial charge is 0.191 e. The van der Waals surface area contributed by atoms with Crippen molar-refractivity contribution in [1.82, 2.24) is 15.6 Å². The van der Waals surface area contributed by atoms with Gasteiger partial charge in [-0.15, -0.1) is 24.0 Å². The van der Waals surface area contributed by atoms with Crippen molar-refractivity contribution in [2.24, 2.45) is 4.99 Å². The second kappa shape index (κ2) is 11.0. The van der Waals surface area contributed by atoms with E-state index in [1.807, 2.05) is 24.4 Å². The first-order valence-corrected chi connectivity index (χ1v) is 7.74. The van der Waals surface area contributed by atoms with Crippen molar-refractivity contribution in [2.75, 3.05) is 13.6 Å². The third kappa shape index (κ3) is 6.56. The fraction of sp³-hybridized carbons (Fsp3) is 0.333. The molecule has 0 saturated carbocycles. The lowest BCUT2D eigenvalue weighted by atomic mass is 10.1. The number of halogens is 1. The van der Waals surface area contributed by atoms with E-state index in [1.54, 1.807) is 7.05 Å². The van der Waals surface area contributed by atoms with E-state index < -0.39 is 0 Å². The molecule has 2 aromatic rings. The molecule has 0 spiro atoms. The predicted octanol–water partition coefficient (Wildman–Crippen LogP) is 3.17. The first kappa shape index (κ1) is 19.4. The van der Waals surface area contributed by atoms with Crippen LogP contribution >= 0.6 is 24.0 Å². The number of benzene rings is 1. The predicted molar refractivity (Wildman–Crippen MR) is 107 cm³/mol. The van der Waals surface area contributed by atoms with Crippen molar-refractivity contribution in [1.29, 1.82) is 0 Å². The molecule has 2 rings (SSSR count). The summed E-state index contributed by atoms with van der Waals surface area (Å²) in [6.45, 7) is 3.78. The van der Waals surface area contributed by atoms with Crippen LogP contribution in [0.4, 0.5) is 0 Å². The number of aliphatic imine (C=N–C) groups is 1. The van der Waals surface area contributed by atoms with Gasteiger partial charge in [-0.3, -0.25) is 9.98 Å². The summed E-state index contributed by atoms with van der Waals surface area (Å²) < 4.78 is 0. The van der Waals surface area contributed by atoms with Crippen molar-refractivity contribution in [3.05, 3.63) is 65.5 Å². The fourth-order valence-corrected chi connectivity index (χ4v) is 2.33. The monoisotopic (exact) mass is 424 g/mol. The van der Waals surface area contributed by atoms with E-state index in [0.29, 0.717) is 0 Å². The molecular formula is C18H25IN4. The van der Waals surface area contributed by atoms with E-state index in [1.165, 1.54) is 11.1 Å². The van der Waals surface area contributed by atoms with Crippen molar-refractivity contribution < 1.29 is 0 Å². The number of guanidine groups is 1. The van der Waals surface area contributed by atoms with Crippen molar-refractivity contribution in [3.63, 3.8) is 0 Å². The normalized spacial score (nSPS) is 10.8. The van der Waals surface area contributed by atoms with Gasteiger partial charge < -0.3 is 10.6 Å². The van der Waals surface area contributed by atoms with Gasteiger partial charge in [0.2, 0.25) is 0 Å². The summed E-state index contributed by atoms with van der Waals surface area (Å²) in [5, 5.41) is 6.69. The highest BCUT2D eigenvalue weighted by Gasteiger charge is 2.02. The number of rotatable bonds is 6. The van der Waals surface area contributed by atoms with Crippen LogP contribution < -0.4 is 10.6 Å². The summed E-state index contributed by atoms with van der Waals surface area (Å²) in [7, 11) is 1.79.